The van der Waals surface area contributed by atoms with Gasteiger partial charge in [0.05, 0.1) is 17.9 Å². The average molecular weight is 395 g/mol. The van der Waals surface area contributed by atoms with Crippen molar-refractivity contribution in [3.8, 4) is 0 Å². The molecule has 0 unspecified atom stereocenters. The molecule has 150 valence electrons. The molecule has 3 rings (SSSR count). The summed E-state index contributed by atoms with van der Waals surface area (Å²) in [5.41, 5.74) is 0.0675. The number of carbonyl (C=O) groups excluding carboxylic acids is 2. The Labute approximate surface area is 166 Å². The van der Waals surface area contributed by atoms with Gasteiger partial charge >= 0.3 is 5.97 Å². The van der Waals surface area contributed by atoms with E-state index in [2.05, 4.69) is 9.84 Å². The van der Waals surface area contributed by atoms with E-state index in [1.807, 2.05) is 30.3 Å². The second-order valence-electron chi connectivity index (χ2n) is 6.50. The molecule has 0 saturated carbocycles. The summed E-state index contributed by atoms with van der Waals surface area (Å²) < 4.78 is 5.65. The molecule has 0 saturated heterocycles. The Morgan fingerprint density at radius 2 is 1.66 bits per heavy atom. The van der Waals surface area contributed by atoms with Crippen molar-refractivity contribution in [3.63, 3.8) is 0 Å². The quantitative estimate of drug-likeness (QED) is 0.600. The number of nitrogens with zero attached hydrogens (tertiary/aromatic N) is 2. The minimum atomic E-state index is -0.564. The number of esters is 1. The predicted octanol–water partition coefficient (Wildman–Crippen LogP) is 0.934. The van der Waals surface area contributed by atoms with E-state index in [4.69, 9.17) is 0 Å². The maximum absolute atomic E-state index is 12.8. The predicted molar refractivity (Wildman–Crippen MR) is 108 cm³/mol. The standard InChI is InChI=1S/C21H21N3O5/c1-29-19(26)14-23(12-11-15-7-3-2-4-8-15)18(25)13-24-21(28)17-10-6-5-9-16(17)20(27)22-24/h2-10H,11-14H2,1H3,(H,22,27). The van der Waals surface area contributed by atoms with Crippen LogP contribution in [0.25, 0.3) is 10.8 Å². The Bertz CT molecular complexity index is 1130. The first-order chi connectivity index (χ1) is 14.0. The summed E-state index contributed by atoms with van der Waals surface area (Å²) >= 11 is 0. The zero-order valence-electron chi connectivity index (χ0n) is 16.0. The number of aromatic amines is 1. The van der Waals surface area contributed by atoms with Gasteiger partial charge in [-0.15, -0.1) is 0 Å². The smallest absolute Gasteiger partial charge is 0.325 e. The van der Waals surface area contributed by atoms with Crippen LogP contribution in [0.5, 0.6) is 0 Å². The molecule has 0 fully saturated rings. The molecule has 0 radical (unpaired) electrons. The van der Waals surface area contributed by atoms with E-state index in [0.717, 1.165) is 10.2 Å². The third kappa shape index (κ3) is 4.78. The monoisotopic (exact) mass is 395 g/mol. The van der Waals surface area contributed by atoms with Crippen LogP contribution < -0.4 is 11.1 Å². The Balaban J connectivity index is 1.83. The SMILES string of the molecule is COC(=O)CN(CCc1ccccc1)C(=O)Cn1[nH]c(=O)c2ccccc2c1=O. The van der Waals surface area contributed by atoms with Crippen molar-refractivity contribution in [2.75, 3.05) is 20.2 Å². The van der Waals surface area contributed by atoms with Gasteiger partial charge in [0, 0.05) is 6.54 Å². The molecular weight excluding hydrogens is 374 g/mol. The minimum Gasteiger partial charge on any atom is -0.468 e. The van der Waals surface area contributed by atoms with Gasteiger partial charge in [-0.1, -0.05) is 42.5 Å². The number of aromatic nitrogens is 2. The summed E-state index contributed by atoms with van der Waals surface area (Å²) in [6.07, 6.45) is 0.534. The highest BCUT2D eigenvalue weighted by atomic mass is 16.5. The van der Waals surface area contributed by atoms with E-state index in [9.17, 15) is 19.2 Å². The highest BCUT2D eigenvalue weighted by Crippen LogP contribution is 2.05. The molecular formula is C21H21N3O5. The first-order valence-corrected chi connectivity index (χ1v) is 9.10. The maximum Gasteiger partial charge on any atom is 0.325 e. The second kappa shape index (κ2) is 9.01. The summed E-state index contributed by atoms with van der Waals surface area (Å²) in [4.78, 5) is 50.7. The van der Waals surface area contributed by atoms with Gasteiger partial charge in [0.1, 0.15) is 13.1 Å². The molecule has 0 aliphatic heterocycles. The lowest BCUT2D eigenvalue weighted by Gasteiger charge is -2.22. The number of methoxy groups -OCH3 is 1. The summed E-state index contributed by atoms with van der Waals surface area (Å²) in [6.45, 7) is -0.357. The highest BCUT2D eigenvalue weighted by Gasteiger charge is 2.19. The first kappa shape index (κ1) is 20.1. The van der Waals surface area contributed by atoms with E-state index in [1.54, 1.807) is 18.2 Å². The molecule has 8 nitrogen and oxygen atoms in total. The van der Waals surface area contributed by atoms with E-state index in [0.29, 0.717) is 6.42 Å². The lowest BCUT2D eigenvalue weighted by molar-refractivity contribution is -0.147. The van der Waals surface area contributed by atoms with E-state index in [-0.39, 0.29) is 30.4 Å². The molecule has 2 aromatic carbocycles. The van der Waals surface area contributed by atoms with E-state index >= 15 is 0 Å². The molecule has 1 heterocycles. The summed E-state index contributed by atoms with van der Waals surface area (Å²) in [7, 11) is 1.24. The fraction of sp³-hybridized carbons (Fsp3) is 0.238. The third-order valence-electron chi connectivity index (χ3n) is 4.59. The molecule has 1 aromatic heterocycles. The van der Waals surface area contributed by atoms with Gasteiger partial charge in [-0.2, -0.15) is 0 Å². The number of hydrogen-bond acceptors (Lipinski definition) is 5. The van der Waals surface area contributed by atoms with Crippen LogP contribution in [0.1, 0.15) is 5.56 Å². The van der Waals surface area contributed by atoms with Crippen LogP contribution in [-0.4, -0.2) is 46.8 Å². The van der Waals surface area contributed by atoms with Gasteiger partial charge in [-0.05, 0) is 24.1 Å². The number of rotatable bonds is 7. The van der Waals surface area contributed by atoms with Crippen molar-refractivity contribution >= 4 is 22.6 Å². The Morgan fingerprint density at radius 3 is 2.34 bits per heavy atom. The van der Waals surface area contributed by atoms with Crippen LogP contribution in [0.3, 0.4) is 0 Å². The van der Waals surface area contributed by atoms with Crippen molar-refractivity contribution in [1.82, 2.24) is 14.7 Å². The van der Waals surface area contributed by atoms with Crippen LogP contribution in [0.2, 0.25) is 0 Å². The largest absolute Gasteiger partial charge is 0.468 e. The fourth-order valence-electron chi connectivity index (χ4n) is 3.01. The highest BCUT2D eigenvalue weighted by molar-refractivity contribution is 5.83. The van der Waals surface area contributed by atoms with Crippen LogP contribution in [-0.2, 0) is 27.3 Å². The number of nitrogens with one attached hydrogen (secondary N) is 1. The van der Waals surface area contributed by atoms with Crippen molar-refractivity contribution in [2.24, 2.45) is 0 Å². The van der Waals surface area contributed by atoms with Gasteiger partial charge in [0.25, 0.3) is 11.1 Å². The maximum atomic E-state index is 12.8. The van der Waals surface area contributed by atoms with Crippen LogP contribution >= 0.6 is 0 Å². The Hall–Kier alpha value is -3.68. The number of ether oxygens (including phenoxy) is 1. The Morgan fingerprint density at radius 1 is 1.00 bits per heavy atom. The van der Waals surface area contributed by atoms with Crippen molar-refractivity contribution < 1.29 is 14.3 Å². The zero-order chi connectivity index (χ0) is 20.8. The number of H-pyrrole nitrogens is 1. The van der Waals surface area contributed by atoms with Gasteiger partial charge in [-0.3, -0.25) is 24.3 Å². The molecule has 3 aromatic rings. The second-order valence-corrected chi connectivity index (χ2v) is 6.50. The van der Waals surface area contributed by atoms with Gasteiger partial charge in [-0.25, -0.2) is 4.68 Å². The average Bonchev–Trinajstić information content (AvgIpc) is 2.75. The number of benzene rings is 2. The van der Waals surface area contributed by atoms with Gasteiger partial charge in [0.2, 0.25) is 5.91 Å². The molecule has 0 aliphatic carbocycles. The third-order valence-corrected chi connectivity index (χ3v) is 4.59. The molecule has 29 heavy (non-hydrogen) atoms. The molecule has 0 bridgehead atoms. The number of fused-ring (bicyclic) bond motifs is 1. The van der Waals surface area contributed by atoms with Gasteiger partial charge < -0.3 is 9.64 Å². The summed E-state index contributed by atoms with van der Waals surface area (Å²) in [5, 5.41) is 2.92. The molecule has 1 amide bonds. The molecule has 0 atom stereocenters. The number of hydrogen-bond donors (Lipinski definition) is 1. The fourth-order valence-corrected chi connectivity index (χ4v) is 3.01. The molecule has 1 N–H and O–H groups in total. The van der Waals surface area contributed by atoms with E-state index in [1.165, 1.54) is 18.1 Å². The lowest BCUT2D eigenvalue weighted by Crippen LogP contribution is -2.42. The van der Waals surface area contributed by atoms with E-state index < -0.39 is 23.0 Å². The lowest BCUT2D eigenvalue weighted by atomic mass is 10.1. The normalized spacial score (nSPS) is 10.7. The van der Waals surface area contributed by atoms with Crippen molar-refractivity contribution in [1.29, 1.82) is 0 Å². The zero-order valence-corrected chi connectivity index (χ0v) is 16.0. The molecule has 0 spiro atoms. The summed E-state index contributed by atoms with van der Waals surface area (Å²) in [6, 6.07) is 15.9. The van der Waals surface area contributed by atoms with Gasteiger partial charge in [0.15, 0.2) is 0 Å². The Kier molecular flexibility index (Phi) is 6.23. The van der Waals surface area contributed by atoms with Crippen LogP contribution in [0.15, 0.2) is 64.2 Å². The van der Waals surface area contributed by atoms with Crippen LogP contribution in [0, 0.1) is 0 Å². The number of amides is 1. The number of carbonyl (C=O) groups is 2. The first-order valence-electron chi connectivity index (χ1n) is 9.10. The van der Waals surface area contributed by atoms with Crippen molar-refractivity contribution in [3.05, 3.63) is 80.9 Å². The summed E-state index contributed by atoms with van der Waals surface area (Å²) in [5.74, 6) is -1.04. The minimum absolute atomic E-state index is 0.229. The molecule has 8 heteroatoms. The van der Waals surface area contributed by atoms with Crippen molar-refractivity contribution in [2.45, 2.75) is 13.0 Å². The molecule has 0 aliphatic rings. The van der Waals surface area contributed by atoms with Crippen LogP contribution in [0.4, 0.5) is 0 Å². The topological polar surface area (TPSA) is 101 Å².